The number of hydrogen-bond acceptors (Lipinski definition) is 2. The molecule has 1 aromatic rings. The number of hydrogen-bond donors (Lipinski definition) is 1. The molecule has 104 valence electrons. The summed E-state index contributed by atoms with van der Waals surface area (Å²) in [5.41, 5.74) is 7.01. The molecule has 0 spiro atoms. The summed E-state index contributed by atoms with van der Waals surface area (Å²) in [4.78, 5) is 2.49. The summed E-state index contributed by atoms with van der Waals surface area (Å²) >= 11 is 3.25. The van der Waals surface area contributed by atoms with E-state index in [1.54, 1.807) is 6.07 Å². The fourth-order valence-electron chi connectivity index (χ4n) is 3.78. The topological polar surface area (TPSA) is 29.3 Å². The number of fused-ring (bicyclic) bond motifs is 2. The van der Waals surface area contributed by atoms with Crippen LogP contribution in [0.5, 0.6) is 0 Å². The largest absolute Gasteiger partial charge is 0.324 e. The van der Waals surface area contributed by atoms with Crippen molar-refractivity contribution < 1.29 is 4.39 Å². The Morgan fingerprint density at radius 1 is 1.32 bits per heavy atom. The monoisotopic (exact) mass is 326 g/mol. The van der Waals surface area contributed by atoms with E-state index in [0.717, 1.165) is 12.8 Å². The molecule has 2 N–H and O–H groups in total. The van der Waals surface area contributed by atoms with Crippen molar-refractivity contribution in [2.24, 2.45) is 11.7 Å². The zero-order chi connectivity index (χ0) is 13.6. The van der Waals surface area contributed by atoms with Gasteiger partial charge in [0.25, 0.3) is 0 Å². The maximum Gasteiger partial charge on any atom is 0.142 e. The Kier molecular flexibility index (Phi) is 3.67. The summed E-state index contributed by atoms with van der Waals surface area (Å²) < 4.78 is 14.7. The lowest BCUT2D eigenvalue weighted by molar-refractivity contribution is 0.120. The first-order valence-electron chi connectivity index (χ1n) is 6.99. The van der Waals surface area contributed by atoms with Crippen LogP contribution in [0, 0.1) is 11.7 Å². The fourth-order valence-corrected chi connectivity index (χ4v) is 4.16. The Balaban J connectivity index is 1.81. The average Bonchev–Trinajstić information content (AvgIpc) is 2.64. The molecule has 0 radical (unpaired) electrons. The van der Waals surface area contributed by atoms with Crippen LogP contribution < -0.4 is 5.73 Å². The summed E-state index contributed by atoms with van der Waals surface area (Å²) in [5, 5.41) is 0. The van der Waals surface area contributed by atoms with Gasteiger partial charge in [0.1, 0.15) is 5.82 Å². The van der Waals surface area contributed by atoms with Crippen molar-refractivity contribution in [2.45, 2.75) is 43.8 Å². The standard InChI is InChI=1S/C15H20BrFN2/c1-19-10-5-6-11(19)8-9(7-10)15(18)12-3-2-4-13(16)14(12)17/h2-4,9-11,15H,5-8,18H2,1H3. The molecule has 0 aromatic heterocycles. The van der Waals surface area contributed by atoms with Crippen molar-refractivity contribution in [3.8, 4) is 0 Å². The van der Waals surface area contributed by atoms with Gasteiger partial charge in [0.2, 0.25) is 0 Å². The highest BCUT2D eigenvalue weighted by Gasteiger charge is 2.40. The first kappa shape index (κ1) is 13.5. The minimum absolute atomic E-state index is 0.186. The van der Waals surface area contributed by atoms with E-state index in [2.05, 4.69) is 27.9 Å². The summed E-state index contributed by atoms with van der Waals surface area (Å²) in [6, 6.07) is 6.52. The highest BCUT2D eigenvalue weighted by molar-refractivity contribution is 9.10. The molecule has 2 heterocycles. The van der Waals surface area contributed by atoms with Crippen LogP contribution in [-0.4, -0.2) is 24.0 Å². The molecule has 0 saturated carbocycles. The summed E-state index contributed by atoms with van der Waals surface area (Å²) in [5.74, 6) is 0.207. The third-order valence-electron chi connectivity index (χ3n) is 4.98. The van der Waals surface area contributed by atoms with Gasteiger partial charge in [-0.1, -0.05) is 12.1 Å². The Morgan fingerprint density at radius 2 is 1.95 bits per heavy atom. The summed E-state index contributed by atoms with van der Waals surface area (Å²) in [6.07, 6.45) is 4.73. The molecule has 3 unspecified atom stereocenters. The normalized spacial score (nSPS) is 32.5. The molecule has 2 nitrogen and oxygen atoms in total. The van der Waals surface area contributed by atoms with Gasteiger partial charge in [-0.15, -0.1) is 0 Å². The minimum atomic E-state index is -0.193. The molecule has 4 heteroatoms. The predicted molar refractivity (Wildman–Crippen MR) is 78.3 cm³/mol. The first-order chi connectivity index (χ1) is 9.08. The van der Waals surface area contributed by atoms with Gasteiger partial charge in [0, 0.05) is 23.7 Å². The van der Waals surface area contributed by atoms with E-state index in [1.807, 2.05) is 12.1 Å². The second-order valence-corrected chi connectivity index (χ2v) is 6.81. The smallest absolute Gasteiger partial charge is 0.142 e. The average molecular weight is 327 g/mol. The minimum Gasteiger partial charge on any atom is -0.324 e. The Hall–Kier alpha value is -0.450. The molecular weight excluding hydrogens is 307 g/mol. The molecule has 3 atom stereocenters. The third kappa shape index (κ3) is 2.34. The van der Waals surface area contributed by atoms with Gasteiger partial charge in [-0.2, -0.15) is 0 Å². The van der Waals surface area contributed by atoms with E-state index >= 15 is 0 Å². The van der Waals surface area contributed by atoms with Gasteiger partial charge < -0.3 is 10.6 Å². The van der Waals surface area contributed by atoms with Crippen LogP contribution in [0.15, 0.2) is 22.7 Å². The summed E-state index contributed by atoms with van der Waals surface area (Å²) in [7, 11) is 2.21. The van der Waals surface area contributed by atoms with Gasteiger partial charge in [-0.25, -0.2) is 4.39 Å². The van der Waals surface area contributed by atoms with Crippen LogP contribution in [0.1, 0.15) is 37.3 Å². The van der Waals surface area contributed by atoms with Crippen molar-refractivity contribution >= 4 is 15.9 Å². The van der Waals surface area contributed by atoms with Gasteiger partial charge in [-0.05, 0) is 60.6 Å². The van der Waals surface area contributed by atoms with E-state index < -0.39 is 0 Å². The maximum absolute atomic E-state index is 14.2. The van der Waals surface area contributed by atoms with Crippen LogP contribution in [0.4, 0.5) is 4.39 Å². The molecule has 2 aliphatic rings. The van der Waals surface area contributed by atoms with Crippen LogP contribution in [0.25, 0.3) is 0 Å². The maximum atomic E-state index is 14.2. The van der Waals surface area contributed by atoms with E-state index in [4.69, 9.17) is 5.73 Å². The Bertz CT molecular complexity index is 465. The molecule has 2 aliphatic heterocycles. The van der Waals surface area contributed by atoms with Crippen molar-refractivity contribution in [1.82, 2.24) is 4.90 Å². The number of benzene rings is 1. The van der Waals surface area contributed by atoms with Crippen molar-refractivity contribution in [3.05, 3.63) is 34.1 Å². The number of rotatable bonds is 2. The lowest BCUT2D eigenvalue weighted by Crippen LogP contribution is -2.42. The van der Waals surface area contributed by atoms with Crippen molar-refractivity contribution in [2.75, 3.05) is 7.05 Å². The number of piperidine rings is 1. The first-order valence-corrected chi connectivity index (χ1v) is 7.78. The van der Waals surface area contributed by atoms with E-state index in [0.29, 0.717) is 28.0 Å². The highest BCUT2D eigenvalue weighted by atomic mass is 79.9. The SMILES string of the molecule is CN1C2CCC1CC(C(N)c1cccc(Br)c1F)C2. The van der Waals surface area contributed by atoms with E-state index in [9.17, 15) is 4.39 Å². The molecule has 0 aliphatic carbocycles. The second-order valence-electron chi connectivity index (χ2n) is 5.95. The van der Waals surface area contributed by atoms with Gasteiger partial charge >= 0.3 is 0 Å². The number of nitrogens with zero attached hydrogens (tertiary/aromatic N) is 1. The number of halogens is 2. The molecule has 0 amide bonds. The number of nitrogens with two attached hydrogens (primary N) is 1. The predicted octanol–water partition coefficient (Wildman–Crippen LogP) is 3.46. The second kappa shape index (κ2) is 5.15. The molecule has 1 aromatic carbocycles. The third-order valence-corrected chi connectivity index (χ3v) is 5.60. The molecule has 2 saturated heterocycles. The van der Waals surface area contributed by atoms with Crippen LogP contribution >= 0.6 is 15.9 Å². The van der Waals surface area contributed by atoms with Gasteiger partial charge in [0.05, 0.1) is 4.47 Å². The van der Waals surface area contributed by atoms with Crippen molar-refractivity contribution in [1.29, 1.82) is 0 Å². The zero-order valence-electron chi connectivity index (χ0n) is 11.2. The van der Waals surface area contributed by atoms with Crippen LogP contribution in [0.2, 0.25) is 0 Å². The quantitative estimate of drug-likeness (QED) is 0.901. The molecule has 3 rings (SSSR count). The van der Waals surface area contributed by atoms with Gasteiger partial charge in [-0.3, -0.25) is 0 Å². The highest BCUT2D eigenvalue weighted by Crippen LogP contribution is 2.42. The molecular formula is C15H20BrFN2. The van der Waals surface area contributed by atoms with Gasteiger partial charge in [0.15, 0.2) is 0 Å². The Labute approximate surface area is 122 Å². The van der Waals surface area contributed by atoms with Crippen molar-refractivity contribution in [3.63, 3.8) is 0 Å². The Morgan fingerprint density at radius 3 is 2.58 bits per heavy atom. The van der Waals surface area contributed by atoms with E-state index in [1.165, 1.54) is 12.8 Å². The van der Waals surface area contributed by atoms with Crippen LogP contribution in [-0.2, 0) is 0 Å². The fraction of sp³-hybridized carbons (Fsp3) is 0.600. The molecule has 19 heavy (non-hydrogen) atoms. The zero-order valence-corrected chi connectivity index (χ0v) is 12.7. The summed E-state index contributed by atoms with van der Waals surface area (Å²) in [6.45, 7) is 0. The molecule has 2 fully saturated rings. The van der Waals surface area contributed by atoms with E-state index in [-0.39, 0.29) is 11.9 Å². The molecule has 2 bridgehead atoms. The van der Waals surface area contributed by atoms with Crippen LogP contribution in [0.3, 0.4) is 0 Å². The lowest BCUT2D eigenvalue weighted by Gasteiger charge is -2.39. The lowest BCUT2D eigenvalue weighted by atomic mass is 9.82.